The van der Waals surface area contributed by atoms with Gasteiger partial charge in [-0.3, -0.25) is 0 Å². The number of hydrogen-bond acceptors (Lipinski definition) is 5. The second-order valence-corrected chi connectivity index (χ2v) is 12.0. The fourth-order valence-corrected chi connectivity index (χ4v) is 7.21. The van der Waals surface area contributed by atoms with Gasteiger partial charge in [0.05, 0.1) is 0 Å². The van der Waals surface area contributed by atoms with Crippen LogP contribution in [0.15, 0.2) is 121 Å². The second-order valence-electron chi connectivity index (χ2n) is 9.59. The number of hydrogen-bond donors (Lipinski definition) is 2. The van der Waals surface area contributed by atoms with Gasteiger partial charge in [0, 0.05) is 44.6 Å². The lowest BCUT2D eigenvalue weighted by Crippen LogP contribution is -2.18. The van der Waals surface area contributed by atoms with E-state index in [-0.39, 0.29) is 11.3 Å². The molecule has 0 saturated carbocycles. The molecule has 0 fully saturated rings. The Morgan fingerprint density at radius 3 is 2.05 bits per heavy atom. The largest absolute Gasteiger partial charge is 0.508 e. The minimum Gasteiger partial charge on any atom is -0.508 e. The van der Waals surface area contributed by atoms with Crippen LogP contribution < -0.4 is 14.4 Å². The predicted molar refractivity (Wildman–Crippen MR) is 166 cm³/mol. The van der Waals surface area contributed by atoms with Crippen molar-refractivity contribution >= 4 is 46.7 Å². The highest BCUT2D eigenvalue weighted by atomic mass is 35.5. The lowest BCUT2D eigenvalue weighted by atomic mass is 10.1. The summed E-state index contributed by atoms with van der Waals surface area (Å²) in [7, 11) is -4.15. The van der Waals surface area contributed by atoms with E-state index in [0.717, 1.165) is 28.4 Å². The first kappa shape index (κ1) is 26.8. The number of fused-ring (bicyclic) bond motifs is 3. The first-order chi connectivity index (χ1) is 19.9. The highest BCUT2D eigenvalue weighted by molar-refractivity contribution is 7.55. The first-order valence-corrected chi connectivity index (χ1v) is 15.3. The van der Waals surface area contributed by atoms with Gasteiger partial charge in [0.2, 0.25) is 0 Å². The Bertz CT molecular complexity index is 1830. The topological polar surface area (TPSA) is 72.7 Å². The van der Waals surface area contributed by atoms with Crippen molar-refractivity contribution in [2.75, 3.05) is 5.32 Å². The lowest BCUT2D eigenvalue weighted by Gasteiger charge is -2.29. The van der Waals surface area contributed by atoms with E-state index in [2.05, 4.69) is 28.9 Å². The normalized spacial score (nSPS) is 12.3. The van der Waals surface area contributed by atoms with Gasteiger partial charge in [0.15, 0.2) is 5.78 Å². The van der Waals surface area contributed by atoms with Crippen LogP contribution in [0.5, 0.6) is 17.2 Å². The SMILES string of the molecule is CCn1c2ccccc2c2cc(NC(c3cc(Cl)ccc3O)P(=O)(Oc3ccccc3)Oc3ccccc3)ccc21. The maximum Gasteiger partial charge on any atom is 0.457 e. The molecule has 6 aromatic rings. The molecule has 0 amide bonds. The van der Waals surface area contributed by atoms with Gasteiger partial charge in [-0.25, -0.2) is 4.57 Å². The van der Waals surface area contributed by atoms with Crippen LogP contribution in [0.4, 0.5) is 5.69 Å². The van der Waals surface area contributed by atoms with E-state index >= 15 is 0 Å². The fraction of sp³-hybridized carbons (Fsp3) is 0.0909. The molecule has 0 bridgehead atoms. The molecule has 206 valence electrons. The Hall–Kier alpha value is -4.38. The van der Waals surface area contributed by atoms with Crippen LogP contribution in [-0.4, -0.2) is 9.67 Å². The second kappa shape index (κ2) is 11.2. The molecule has 0 saturated heterocycles. The Morgan fingerprint density at radius 1 is 0.780 bits per heavy atom. The molecule has 1 atom stereocenters. The number of aryl methyl sites for hydroxylation is 1. The molecule has 1 heterocycles. The smallest absolute Gasteiger partial charge is 0.457 e. The number of phenolic OH excluding ortho intramolecular Hbond substituents is 1. The number of nitrogens with zero attached hydrogens (tertiary/aromatic N) is 1. The zero-order valence-electron chi connectivity index (χ0n) is 22.3. The van der Waals surface area contributed by atoms with Crippen molar-refractivity contribution in [3.8, 4) is 17.2 Å². The van der Waals surface area contributed by atoms with Crippen molar-refractivity contribution < 1.29 is 18.7 Å². The molecule has 6 nitrogen and oxygen atoms in total. The molecular formula is C33H28ClN2O4P. The third-order valence-electron chi connectivity index (χ3n) is 6.94. The minimum atomic E-state index is -4.15. The highest BCUT2D eigenvalue weighted by Gasteiger charge is 2.42. The summed E-state index contributed by atoms with van der Waals surface area (Å²) in [6.45, 7) is 2.94. The van der Waals surface area contributed by atoms with E-state index in [4.69, 9.17) is 20.6 Å². The van der Waals surface area contributed by atoms with Crippen LogP contribution in [0.3, 0.4) is 0 Å². The van der Waals surface area contributed by atoms with E-state index in [1.165, 1.54) is 6.07 Å². The van der Waals surface area contributed by atoms with E-state index in [9.17, 15) is 9.67 Å². The quantitative estimate of drug-likeness (QED) is 0.166. The molecule has 1 aromatic heterocycles. The number of rotatable bonds is 9. The van der Waals surface area contributed by atoms with Crippen LogP contribution in [0.25, 0.3) is 21.8 Å². The van der Waals surface area contributed by atoms with E-state index in [0.29, 0.717) is 22.2 Å². The van der Waals surface area contributed by atoms with Crippen molar-refractivity contribution in [1.82, 2.24) is 4.57 Å². The molecule has 1 unspecified atom stereocenters. The summed E-state index contributed by atoms with van der Waals surface area (Å²) in [6.07, 6.45) is 0. The summed E-state index contributed by atoms with van der Waals surface area (Å²) in [5.41, 5.74) is 3.18. The number of halogens is 1. The first-order valence-electron chi connectivity index (χ1n) is 13.3. The molecule has 41 heavy (non-hydrogen) atoms. The monoisotopic (exact) mass is 582 g/mol. The Labute approximate surface area is 243 Å². The third kappa shape index (κ3) is 5.37. The Balaban J connectivity index is 1.51. The molecular weight excluding hydrogens is 555 g/mol. The standard InChI is InChI=1S/C33H28ClN2O4P/c1-2-36-30-16-10-9-15-27(30)28-22-24(18-19-31(28)36)35-33(29-21-23(34)17-20-32(29)37)41(38,39-25-11-5-3-6-12-25)40-26-13-7-4-8-14-26/h3-22,33,35,37H,2H2,1H3. The highest BCUT2D eigenvalue weighted by Crippen LogP contribution is 2.61. The van der Waals surface area contributed by atoms with E-state index < -0.39 is 13.4 Å². The lowest BCUT2D eigenvalue weighted by molar-refractivity contribution is 0.374. The average molecular weight is 583 g/mol. The minimum absolute atomic E-state index is 0.0934. The van der Waals surface area contributed by atoms with Crippen molar-refractivity contribution in [3.63, 3.8) is 0 Å². The van der Waals surface area contributed by atoms with Crippen LogP contribution in [0.2, 0.25) is 5.02 Å². The van der Waals surface area contributed by atoms with E-state index in [1.807, 2.05) is 42.5 Å². The summed E-state index contributed by atoms with van der Waals surface area (Å²) < 4.78 is 29.6. The summed E-state index contributed by atoms with van der Waals surface area (Å²) in [6, 6.07) is 36.5. The van der Waals surface area contributed by atoms with Crippen LogP contribution in [0.1, 0.15) is 18.3 Å². The van der Waals surface area contributed by atoms with Crippen molar-refractivity contribution in [2.24, 2.45) is 0 Å². The van der Waals surface area contributed by atoms with Gasteiger partial charge in [0.1, 0.15) is 17.2 Å². The Kier molecular flexibility index (Phi) is 7.36. The maximum absolute atomic E-state index is 15.0. The average Bonchev–Trinajstić information content (AvgIpc) is 3.31. The van der Waals surface area contributed by atoms with Crippen LogP contribution in [-0.2, 0) is 11.1 Å². The number of benzene rings is 5. The van der Waals surface area contributed by atoms with Crippen molar-refractivity contribution in [3.05, 3.63) is 132 Å². The van der Waals surface area contributed by atoms with Crippen LogP contribution in [0, 0.1) is 0 Å². The molecule has 0 aliphatic carbocycles. The number of aromatic hydroxyl groups is 1. The molecule has 0 aliphatic rings. The molecule has 0 spiro atoms. The molecule has 6 rings (SSSR count). The maximum atomic E-state index is 15.0. The zero-order chi connectivity index (χ0) is 28.4. The van der Waals surface area contributed by atoms with Crippen LogP contribution >= 0.6 is 19.2 Å². The molecule has 8 heteroatoms. The summed E-state index contributed by atoms with van der Waals surface area (Å²) >= 11 is 6.38. The van der Waals surface area contributed by atoms with Gasteiger partial charge in [0.25, 0.3) is 0 Å². The van der Waals surface area contributed by atoms with Gasteiger partial charge in [-0.15, -0.1) is 0 Å². The van der Waals surface area contributed by atoms with Gasteiger partial charge >= 0.3 is 7.60 Å². The number of aromatic nitrogens is 1. The van der Waals surface area contributed by atoms with Crippen molar-refractivity contribution in [1.29, 1.82) is 0 Å². The van der Waals surface area contributed by atoms with Gasteiger partial charge < -0.3 is 24.0 Å². The predicted octanol–water partition coefficient (Wildman–Crippen LogP) is 9.64. The van der Waals surface area contributed by atoms with Gasteiger partial charge in [-0.05, 0) is 73.7 Å². The van der Waals surface area contributed by atoms with Gasteiger partial charge in [-0.2, -0.15) is 0 Å². The fourth-order valence-electron chi connectivity index (χ4n) is 5.09. The molecule has 2 N–H and O–H groups in total. The number of anilines is 1. The third-order valence-corrected chi connectivity index (χ3v) is 9.15. The summed E-state index contributed by atoms with van der Waals surface area (Å²) in [5, 5.41) is 16.9. The Morgan fingerprint density at radius 2 is 1.39 bits per heavy atom. The number of para-hydroxylation sites is 3. The van der Waals surface area contributed by atoms with E-state index in [1.54, 1.807) is 60.7 Å². The van der Waals surface area contributed by atoms with Crippen molar-refractivity contribution in [2.45, 2.75) is 19.3 Å². The molecule has 5 aromatic carbocycles. The number of nitrogens with one attached hydrogen (secondary N) is 1. The van der Waals surface area contributed by atoms with Gasteiger partial charge in [-0.1, -0.05) is 66.2 Å². The molecule has 0 radical (unpaired) electrons. The molecule has 0 aliphatic heterocycles. The summed E-state index contributed by atoms with van der Waals surface area (Å²) in [5.74, 6) is -0.495. The zero-order valence-corrected chi connectivity index (χ0v) is 23.9. The number of phenols is 1. The summed E-state index contributed by atoms with van der Waals surface area (Å²) in [4.78, 5) is 0.